The number of halogens is 2. The lowest BCUT2D eigenvalue weighted by molar-refractivity contribution is 0.435. The molecule has 0 amide bonds. The van der Waals surface area contributed by atoms with Gasteiger partial charge in [0, 0.05) is 35.5 Å². The van der Waals surface area contributed by atoms with Crippen LogP contribution < -0.4 is 0 Å². The van der Waals surface area contributed by atoms with Crippen LogP contribution in [0.4, 0.5) is 8.78 Å². The third-order valence-corrected chi connectivity index (χ3v) is 3.99. The van der Waals surface area contributed by atoms with E-state index in [1.165, 1.54) is 28.9 Å². The summed E-state index contributed by atoms with van der Waals surface area (Å²) in [7, 11) is 0. The second kappa shape index (κ2) is 5.76. The van der Waals surface area contributed by atoms with Crippen molar-refractivity contribution in [3.05, 3.63) is 59.9 Å². The van der Waals surface area contributed by atoms with Gasteiger partial charge < -0.3 is 10.2 Å². The van der Waals surface area contributed by atoms with Crippen molar-refractivity contribution >= 4 is 5.65 Å². The van der Waals surface area contributed by atoms with E-state index in [-0.39, 0.29) is 23.0 Å². The van der Waals surface area contributed by atoms with Gasteiger partial charge in [-0.1, -0.05) is 0 Å². The van der Waals surface area contributed by atoms with Crippen LogP contribution in [0.2, 0.25) is 0 Å². The molecular weight excluding hydrogens is 342 g/mol. The molecule has 6 nitrogen and oxygen atoms in total. The van der Waals surface area contributed by atoms with E-state index in [0.717, 1.165) is 12.1 Å². The summed E-state index contributed by atoms with van der Waals surface area (Å²) in [5, 5.41) is 23.8. The van der Waals surface area contributed by atoms with Crippen molar-refractivity contribution in [1.82, 2.24) is 19.6 Å². The van der Waals surface area contributed by atoms with Crippen molar-refractivity contribution in [2.24, 2.45) is 0 Å². The van der Waals surface area contributed by atoms with Crippen molar-refractivity contribution in [2.75, 3.05) is 0 Å². The van der Waals surface area contributed by atoms with E-state index >= 15 is 0 Å². The van der Waals surface area contributed by atoms with Gasteiger partial charge in [-0.05, 0) is 25.1 Å². The zero-order valence-electron chi connectivity index (χ0n) is 13.5. The number of nitrogens with zero attached hydrogens (tertiary/aromatic N) is 4. The molecule has 0 saturated heterocycles. The number of rotatable bonds is 2. The van der Waals surface area contributed by atoms with Gasteiger partial charge >= 0.3 is 0 Å². The molecule has 4 aromatic rings. The zero-order valence-corrected chi connectivity index (χ0v) is 13.5. The largest absolute Gasteiger partial charge is 0.493 e. The normalized spacial score (nSPS) is 11.2. The van der Waals surface area contributed by atoms with Crippen LogP contribution >= 0.6 is 0 Å². The molecule has 130 valence electrons. The molecule has 0 radical (unpaired) electrons. The molecule has 0 aliphatic heterocycles. The standard InChI is InChI=1S/C18H12F2N4O2/c1-9-17(12-4-3-11(19)6-13(12)20)18-22-14(7-16(26)24(18)23-9)10-2-5-15(25)21-8-10/h2-8,26H,1H3,(H,21,25). The van der Waals surface area contributed by atoms with E-state index in [1.807, 2.05) is 0 Å². The maximum atomic E-state index is 14.3. The van der Waals surface area contributed by atoms with Crippen molar-refractivity contribution in [1.29, 1.82) is 0 Å². The lowest BCUT2D eigenvalue weighted by Crippen LogP contribution is -1.95. The molecule has 0 bridgehead atoms. The smallest absolute Gasteiger partial charge is 0.216 e. The van der Waals surface area contributed by atoms with E-state index in [4.69, 9.17) is 0 Å². The Morgan fingerprint density at radius 2 is 1.85 bits per heavy atom. The monoisotopic (exact) mass is 354 g/mol. The SMILES string of the molecule is Cc1nn2c(O)cc(-c3ccc(O)nc3)nc2c1-c1ccc(F)cc1F. The van der Waals surface area contributed by atoms with Gasteiger partial charge in [0.2, 0.25) is 11.8 Å². The van der Waals surface area contributed by atoms with Gasteiger partial charge in [-0.15, -0.1) is 0 Å². The minimum atomic E-state index is -0.749. The van der Waals surface area contributed by atoms with Gasteiger partial charge in [-0.25, -0.2) is 18.7 Å². The maximum absolute atomic E-state index is 14.3. The Bertz CT molecular complexity index is 1140. The molecule has 0 saturated carbocycles. The highest BCUT2D eigenvalue weighted by Crippen LogP contribution is 2.33. The van der Waals surface area contributed by atoms with Crippen molar-refractivity contribution < 1.29 is 19.0 Å². The second-order valence-corrected chi connectivity index (χ2v) is 5.72. The van der Waals surface area contributed by atoms with Gasteiger partial charge in [-0.2, -0.15) is 9.61 Å². The Kier molecular flexibility index (Phi) is 3.54. The van der Waals surface area contributed by atoms with Gasteiger partial charge in [0.1, 0.15) is 11.6 Å². The summed E-state index contributed by atoms with van der Waals surface area (Å²) in [6.45, 7) is 1.65. The van der Waals surface area contributed by atoms with Crippen molar-refractivity contribution in [2.45, 2.75) is 6.92 Å². The molecule has 2 N–H and O–H groups in total. The fraction of sp³-hybridized carbons (Fsp3) is 0.0556. The van der Waals surface area contributed by atoms with E-state index in [2.05, 4.69) is 15.1 Å². The van der Waals surface area contributed by atoms with E-state index in [1.54, 1.807) is 13.0 Å². The lowest BCUT2D eigenvalue weighted by Gasteiger charge is -2.06. The summed E-state index contributed by atoms with van der Waals surface area (Å²) < 4.78 is 28.7. The first-order chi connectivity index (χ1) is 12.4. The quantitative estimate of drug-likeness (QED) is 0.576. The minimum absolute atomic E-state index is 0.131. The first kappa shape index (κ1) is 15.9. The first-order valence-electron chi connectivity index (χ1n) is 7.64. The maximum Gasteiger partial charge on any atom is 0.216 e. The lowest BCUT2D eigenvalue weighted by atomic mass is 10.1. The van der Waals surface area contributed by atoms with Crippen LogP contribution in [0.25, 0.3) is 28.0 Å². The number of aromatic nitrogens is 4. The molecular formula is C18H12F2N4O2. The molecule has 8 heteroatoms. The number of aryl methyl sites for hydroxylation is 1. The Morgan fingerprint density at radius 3 is 2.54 bits per heavy atom. The molecule has 26 heavy (non-hydrogen) atoms. The summed E-state index contributed by atoms with van der Waals surface area (Å²) in [5.74, 6) is -1.78. The average Bonchev–Trinajstić information content (AvgIpc) is 2.92. The van der Waals surface area contributed by atoms with Crippen LogP contribution in [0.1, 0.15) is 5.69 Å². The highest BCUT2D eigenvalue weighted by molar-refractivity contribution is 5.82. The zero-order chi connectivity index (χ0) is 18.4. The first-order valence-corrected chi connectivity index (χ1v) is 7.64. The molecule has 1 aromatic carbocycles. The highest BCUT2D eigenvalue weighted by atomic mass is 19.1. The Morgan fingerprint density at radius 1 is 1.04 bits per heavy atom. The molecule has 0 fully saturated rings. The fourth-order valence-corrected chi connectivity index (χ4v) is 2.80. The molecule has 0 spiro atoms. The molecule has 0 aliphatic carbocycles. The van der Waals surface area contributed by atoms with Crippen LogP contribution in [0.5, 0.6) is 11.8 Å². The van der Waals surface area contributed by atoms with Gasteiger partial charge in [-0.3, -0.25) is 0 Å². The molecule has 0 atom stereocenters. The van der Waals surface area contributed by atoms with Crippen LogP contribution in [-0.2, 0) is 0 Å². The third-order valence-electron chi connectivity index (χ3n) is 3.99. The number of pyridine rings is 1. The summed E-state index contributed by atoms with van der Waals surface area (Å²) in [4.78, 5) is 8.24. The summed E-state index contributed by atoms with van der Waals surface area (Å²) in [6.07, 6.45) is 1.40. The van der Waals surface area contributed by atoms with Gasteiger partial charge in [0.15, 0.2) is 5.65 Å². The summed E-state index contributed by atoms with van der Waals surface area (Å²) in [6, 6.07) is 7.60. The predicted octanol–water partition coefficient (Wildman–Crippen LogP) is 3.46. The number of fused-ring (bicyclic) bond motifs is 1. The predicted molar refractivity (Wildman–Crippen MR) is 89.6 cm³/mol. The number of benzene rings is 1. The van der Waals surface area contributed by atoms with Crippen LogP contribution in [0, 0.1) is 18.6 Å². The number of hydrogen-bond donors (Lipinski definition) is 2. The topological polar surface area (TPSA) is 83.5 Å². The van der Waals surface area contributed by atoms with E-state index in [0.29, 0.717) is 22.5 Å². The van der Waals surface area contributed by atoms with Crippen LogP contribution in [0.15, 0.2) is 42.6 Å². The van der Waals surface area contributed by atoms with E-state index < -0.39 is 11.6 Å². The summed E-state index contributed by atoms with van der Waals surface area (Å²) in [5.41, 5.74) is 2.05. The average molecular weight is 354 g/mol. The van der Waals surface area contributed by atoms with Crippen molar-refractivity contribution in [3.8, 4) is 34.1 Å². The second-order valence-electron chi connectivity index (χ2n) is 5.72. The Hall–Kier alpha value is -3.55. The molecule has 4 rings (SSSR count). The Balaban J connectivity index is 1.99. The van der Waals surface area contributed by atoms with Gasteiger partial charge in [0.05, 0.1) is 17.0 Å². The van der Waals surface area contributed by atoms with Crippen LogP contribution in [-0.4, -0.2) is 29.8 Å². The fourth-order valence-electron chi connectivity index (χ4n) is 2.80. The Labute approximate surface area is 146 Å². The van der Waals surface area contributed by atoms with Crippen molar-refractivity contribution in [3.63, 3.8) is 0 Å². The number of hydrogen-bond acceptors (Lipinski definition) is 5. The van der Waals surface area contributed by atoms with E-state index in [9.17, 15) is 19.0 Å². The summed E-state index contributed by atoms with van der Waals surface area (Å²) >= 11 is 0. The molecule has 3 aromatic heterocycles. The molecule has 0 aliphatic rings. The van der Waals surface area contributed by atoms with Crippen LogP contribution in [0.3, 0.4) is 0 Å². The highest BCUT2D eigenvalue weighted by Gasteiger charge is 2.20. The minimum Gasteiger partial charge on any atom is -0.493 e. The molecule has 0 unspecified atom stereocenters. The molecule has 3 heterocycles. The van der Waals surface area contributed by atoms with Gasteiger partial charge in [0.25, 0.3) is 0 Å². The number of aromatic hydroxyl groups is 2. The third kappa shape index (κ3) is 2.52.